The van der Waals surface area contributed by atoms with Crippen LogP contribution < -0.4 is 16.8 Å². The third-order valence-electron chi connectivity index (χ3n) is 2.97. The van der Waals surface area contributed by atoms with Crippen LogP contribution in [0.3, 0.4) is 0 Å². The molecular weight excluding hydrogens is 276 g/mol. The summed E-state index contributed by atoms with van der Waals surface area (Å²) in [5.74, 6) is -1.06. The molecule has 2 rings (SSSR count). The first-order chi connectivity index (χ1) is 9.41. The average Bonchev–Trinajstić information content (AvgIpc) is 2.73. The standard InChI is InChI=1S/C13H16N4O2S/c1-6(2)9(11(15)18)17-12(19)10-8(14)7-4-3-5-16-13(7)20-10/h3-6,9H,14H2,1-2H3,(H2,15,18)(H,17,19). The Balaban J connectivity index is 2.32. The van der Waals surface area contributed by atoms with Gasteiger partial charge in [0.15, 0.2) is 0 Å². The Labute approximate surface area is 120 Å². The van der Waals surface area contributed by atoms with Crippen LogP contribution in [0.5, 0.6) is 0 Å². The van der Waals surface area contributed by atoms with E-state index in [-0.39, 0.29) is 5.92 Å². The van der Waals surface area contributed by atoms with E-state index in [4.69, 9.17) is 11.5 Å². The van der Waals surface area contributed by atoms with Gasteiger partial charge in [-0.15, -0.1) is 11.3 Å². The first kappa shape index (κ1) is 14.3. The second-order valence-electron chi connectivity index (χ2n) is 4.80. The highest BCUT2D eigenvalue weighted by atomic mass is 32.1. The second-order valence-corrected chi connectivity index (χ2v) is 5.80. The lowest BCUT2D eigenvalue weighted by Gasteiger charge is -2.18. The number of carbonyl (C=O) groups excluding carboxylic acids is 2. The Morgan fingerprint density at radius 2 is 2.10 bits per heavy atom. The van der Waals surface area contributed by atoms with Crippen LogP contribution in [0.2, 0.25) is 0 Å². The van der Waals surface area contributed by atoms with Gasteiger partial charge in [0, 0.05) is 11.6 Å². The number of thiophene rings is 1. The average molecular weight is 292 g/mol. The van der Waals surface area contributed by atoms with Crippen LogP contribution in [0.4, 0.5) is 5.69 Å². The minimum Gasteiger partial charge on any atom is -0.397 e. The first-order valence-corrected chi connectivity index (χ1v) is 6.96. The number of carbonyl (C=O) groups is 2. The zero-order chi connectivity index (χ0) is 14.9. The molecule has 0 saturated carbocycles. The summed E-state index contributed by atoms with van der Waals surface area (Å²) >= 11 is 1.20. The molecule has 0 spiro atoms. The van der Waals surface area contributed by atoms with Gasteiger partial charge in [0.05, 0.1) is 5.69 Å². The number of aromatic nitrogens is 1. The molecule has 1 atom stereocenters. The minimum atomic E-state index is -0.722. The number of nitrogens with zero attached hydrogens (tertiary/aromatic N) is 1. The Morgan fingerprint density at radius 3 is 2.65 bits per heavy atom. The maximum Gasteiger partial charge on any atom is 0.264 e. The lowest BCUT2D eigenvalue weighted by Crippen LogP contribution is -2.47. The quantitative estimate of drug-likeness (QED) is 0.784. The number of primary amides is 1. The van der Waals surface area contributed by atoms with Gasteiger partial charge in [0.2, 0.25) is 5.91 Å². The van der Waals surface area contributed by atoms with Crippen molar-refractivity contribution in [3.63, 3.8) is 0 Å². The minimum absolute atomic E-state index is 0.0924. The van der Waals surface area contributed by atoms with Crippen LogP contribution in [0.25, 0.3) is 10.2 Å². The molecule has 1 unspecified atom stereocenters. The van der Waals surface area contributed by atoms with Gasteiger partial charge < -0.3 is 16.8 Å². The number of pyridine rings is 1. The maximum absolute atomic E-state index is 12.2. The van der Waals surface area contributed by atoms with Crippen molar-refractivity contribution in [3.8, 4) is 0 Å². The Kier molecular flexibility index (Phi) is 3.89. The van der Waals surface area contributed by atoms with Crippen LogP contribution in [0, 0.1) is 5.92 Å². The van der Waals surface area contributed by atoms with Crippen molar-refractivity contribution >= 4 is 39.1 Å². The SMILES string of the molecule is CC(C)C(NC(=O)c1sc2ncccc2c1N)C(N)=O. The van der Waals surface area contributed by atoms with E-state index < -0.39 is 17.9 Å². The van der Waals surface area contributed by atoms with Gasteiger partial charge in [-0.05, 0) is 18.1 Å². The number of amides is 2. The van der Waals surface area contributed by atoms with Gasteiger partial charge in [-0.1, -0.05) is 13.8 Å². The normalized spacial score (nSPS) is 12.6. The molecule has 0 aliphatic carbocycles. The molecule has 2 aromatic heterocycles. The molecule has 0 bridgehead atoms. The molecule has 0 fully saturated rings. The molecule has 20 heavy (non-hydrogen) atoms. The molecule has 0 aliphatic heterocycles. The van der Waals surface area contributed by atoms with Gasteiger partial charge in [-0.25, -0.2) is 4.98 Å². The van der Waals surface area contributed by atoms with E-state index in [1.54, 1.807) is 18.3 Å². The highest BCUT2D eigenvalue weighted by Crippen LogP contribution is 2.31. The summed E-state index contributed by atoms with van der Waals surface area (Å²) in [6, 6.07) is 2.84. The zero-order valence-electron chi connectivity index (χ0n) is 11.2. The van der Waals surface area contributed by atoms with Gasteiger partial charge in [0.25, 0.3) is 5.91 Å². The third kappa shape index (κ3) is 2.57. The number of nitrogen functional groups attached to an aromatic ring is 1. The van der Waals surface area contributed by atoms with E-state index in [1.165, 1.54) is 11.3 Å². The van der Waals surface area contributed by atoms with Gasteiger partial charge in [-0.3, -0.25) is 9.59 Å². The van der Waals surface area contributed by atoms with Crippen molar-refractivity contribution in [1.82, 2.24) is 10.3 Å². The topological polar surface area (TPSA) is 111 Å². The van der Waals surface area contributed by atoms with Crippen molar-refractivity contribution in [2.24, 2.45) is 11.7 Å². The van der Waals surface area contributed by atoms with E-state index in [9.17, 15) is 9.59 Å². The lowest BCUT2D eigenvalue weighted by molar-refractivity contribution is -0.120. The maximum atomic E-state index is 12.2. The van der Waals surface area contributed by atoms with Crippen LogP contribution in [-0.2, 0) is 4.79 Å². The fourth-order valence-corrected chi connectivity index (χ4v) is 2.86. The zero-order valence-corrected chi connectivity index (χ0v) is 12.0. The van der Waals surface area contributed by atoms with Gasteiger partial charge in [-0.2, -0.15) is 0 Å². The van der Waals surface area contributed by atoms with E-state index in [0.29, 0.717) is 15.4 Å². The molecule has 0 radical (unpaired) electrons. The summed E-state index contributed by atoms with van der Waals surface area (Å²) in [5.41, 5.74) is 11.6. The van der Waals surface area contributed by atoms with Crippen molar-refractivity contribution in [2.75, 3.05) is 5.73 Å². The summed E-state index contributed by atoms with van der Waals surface area (Å²) in [5, 5.41) is 3.36. The molecular formula is C13H16N4O2S. The molecule has 5 N–H and O–H groups in total. The van der Waals surface area contributed by atoms with E-state index in [2.05, 4.69) is 10.3 Å². The number of nitrogens with one attached hydrogen (secondary N) is 1. The predicted molar refractivity (Wildman–Crippen MR) is 79.3 cm³/mol. The second kappa shape index (κ2) is 5.46. The summed E-state index contributed by atoms with van der Waals surface area (Å²) < 4.78 is 0. The molecule has 0 aliphatic rings. The number of hydrogen-bond donors (Lipinski definition) is 3. The van der Waals surface area contributed by atoms with Crippen LogP contribution in [-0.4, -0.2) is 22.8 Å². The van der Waals surface area contributed by atoms with E-state index >= 15 is 0 Å². The van der Waals surface area contributed by atoms with Crippen molar-refractivity contribution < 1.29 is 9.59 Å². The van der Waals surface area contributed by atoms with Crippen LogP contribution in [0.15, 0.2) is 18.3 Å². The predicted octanol–water partition coefficient (Wildman–Crippen LogP) is 1.12. The lowest BCUT2D eigenvalue weighted by atomic mass is 10.0. The van der Waals surface area contributed by atoms with Gasteiger partial charge in [0.1, 0.15) is 15.7 Å². The first-order valence-electron chi connectivity index (χ1n) is 6.15. The van der Waals surface area contributed by atoms with Gasteiger partial charge >= 0.3 is 0 Å². The number of nitrogens with two attached hydrogens (primary N) is 2. The fraction of sp³-hybridized carbons (Fsp3) is 0.308. The summed E-state index contributed by atoms with van der Waals surface area (Å²) in [6.07, 6.45) is 1.64. The van der Waals surface area contributed by atoms with E-state index in [1.807, 2.05) is 13.8 Å². The highest BCUT2D eigenvalue weighted by molar-refractivity contribution is 7.21. The third-order valence-corrected chi connectivity index (χ3v) is 4.10. The van der Waals surface area contributed by atoms with Crippen LogP contribution in [0.1, 0.15) is 23.5 Å². The fourth-order valence-electron chi connectivity index (χ4n) is 1.89. The molecule has 2 aromatic rings. The number of fused-ring (bicyclic) bond motifs is 1. The Hall–Kier alpha value is -2.15. The molecule has 6 nitrogen and oxygen atoms in total. The number of rotatable bonds is 4. The van der Waals surface area contributed by atoms with Crippen LogP contribution >= 0.6 is 11.3 Å². The molecule has 2 amide bonds. The summed E-state index contributed by atoms with van der Waals surface area (Å²) in [4.78, 5) is 28.8. The summed E-state index contributed by atoms with van der Waals surface area (Å²) in [7, 11) is 0. The summed E-state index contributed by atoms with van der Waals surface area (Å²) in [6.45, 7) is 3.62. The number of anilines is 1. The number of hydrogen-bond acceptors (Lipinski definition) is 5. The van der Waals surface area contributed by atoms with Crippen molar-refractivity contribution in [3.05, 3.63) is 23.2 Å². The molecule has 0 aromatic carbocycles. The van der Waals surface area contributed by atoms with Crippen molar-refractivity contribution in [2.45, 2.75) is 19.9 Å². The smallest absolute Gasteiger partial charge is 0.264 e. The monoisotopic (exact) mass is 292 g/mol. The van der Waals surface area contributed by atoms with E-state index in [0.717, 1.165) is 5.39 Å². The van der Waals surface area contributed by atoms with Crippen molar-refractivity contribution in [1.29, 1.82) is 0 Å². The molecule has 106 valence electrons. The Bertz CT molecular complexity index is 665. The molecule has 7 heteroatoms. The molecule has 0 saturated heterocycles. The molecule has 2 heterocycles. The Morgan fingerprint density at radius 1 is 1.40 bits per heavy atom. The largest absolute Gasteiger partial charge is 0.397 e. The highest BCUT2D eigenvalue weighted by Gasteiger charge is 2.25.